The summed E-state index contributed by atoms with van der Waals surface area (Å²) < 4.78 is 10.6. The first-order valence-electron chi connectivity index (χ1n) is 6.35. The van der Waals surface area contributed by atoms with Crippen LogP contribution in [0.1, 0.15) is 17.2 Å². The number of nitrogens with two attached hydrogens (primary N) is 1. The number of pyridine rings is 1. The van der Waals surface area contributed by atoms with Crippen molar-refractivity contribution < 1.29 is 9.47 Å². The van der Waals surface area contributed by atoms with Gasteiger partial charge in [0.1, 0.15) is 11.5 Å². The zero-order chi connectivity index (χ0) is 14.4. The molecule has 0 aliphatic carbocycles. The van der Waals surface area contributed by atoms with Crippen LogP contribution in [0.25, 0.3) is 0 Å². The van der Waals surface area contributed by atoms with E-state index in [1.165, 1.54) is 0 Å². The molecule has 1 aromatic heterocycles. The summed E-state index contributed by atoms with van der Waals surface area (Å²) in [7, 11) is 3.26. The second kappa shape index (κ2) is 6.88. The molecule has 1 aromatic carbocycles. The Morgan fingerprint density at radius 2 is 2.10 bits per heavy atom. The molecular formula is C15H19N3O2. The molecule has 1 heterocycles. The van der Waals surface area contributed by atoms with Gasteiger partial charge in [-0.25, -0.2) is 0 Å². The lowest BCUT2D eigenvalue weighted by Gasteiger charge is -2.19. The predicted octanol–water partition coefficient (Wildman–Crippen LogP) is 1.85. The first-order valence-corrected chi connectivity index (χ1v) is 6.35. The van der Waals surface area contributed by atoms with Crippen LogP contribution in [0.2, 0.25) is 0 Å². The lowest BCUT2D eigenvalue weighted by molar-refractivity contribution is 0.384. The Balaban J connectivity index is 2.27. The molecule has 0 spiro atoms. The summed E-state index contributed by atoms with van der Waals surface area (Å²) >= 11 is 0. The Morgan fingerprint density at radius 3 is 2.70 bits per heavy atom. The van der Waals surface area contributed by atoms with Gasteiger partial charge in [0.05, 0.1) is 20.3 Å². The molecule has 0 aliphatic heterocycles. The minimum absolute atomic E-state index is 0.0555. The fourth-order valence-corrected chi connectivity index (χ4v) is 2.12. The van der Waals surface area contributed by atoms with E-state index in [0.717, 1.165) is 29.0 Å². The second-order valence-corrected chi connectivity index (χ2v) is 4.39. The zero-order valence-electron chi connectivity index (χ0n) is 11.7. The van der Waals surface area contributed by atoms with E-state index in [0.29, 0.717) is 0 Å². The number of hydrogen-bond donors (Lipinski definition) is 2. The number of ether oxygens (including phenoxy) is 2. The van der Waals surface area contributed by atoms with Gasteiger partial charge in [-0.05, 0) is 24.1 Å². The maximum absolute atomic E-state index is 5.69. The Morgan fingerprint density at radius 1 is 1.25 bits per heavy atom. The average Bonchev–Trinajstić information content (AvgIpc) is 2.53. The van der Waals surface area contributed by atoms with Crippen LogP contribution in [0.3, 0.4) is 0 Å². The first kappa shape index (κ1) is 14.3. The molecule has 106 valence electrons. The molecule has 3 N–H and O–H groups in total. The molecule has 0 amide bonds. The van der Waals surface area contributed by atoms with E-state index in [1.54, 1.807) is 20.4 Å². The minimum Gasteiger partial charge on any atom is -0.497 e. The lowest BCUT2D eigenvalue weighted by Crippen LogP contribution is -2.30. The van der Waals surface area contributed by atoms with Gasteiger partial charge >= 0.3 is 0 Å². The van der Waals surface area contributed by atoms with E-state index in [2.05, 4.69) is 10.4 Å². The van der Waals surface area contributed by atoms with Crippen molar-refractivity contribution in [2.45, 2.75) is 12.5 Å². The number of nitrogens with one attached hydrogen (secondary N) is 1. The molecule has 0 aliphatic rings. The third-order valence-corrected chi connectivity index (χ3v) is 3.18. The van der Waals surface area contributed by atoms with E-state index in [1.807, 2.05) is 36.5 Å². The molecule has 1 unspecified atom stereocenters. The first-order chi connectivity index (χ1) is 9.78. The van der Waals surface area contributed by atoms with E-state index in [4.69, 9.17) is 15.3 Å². The SMILES string of the molecule is COc1ccc(C(Cc2cccnc2)NN)c(OC)c1. The largest absolute Gasteiger partial charge is 0.497 e. The normalized spacial score (nSPS) is 11.9. The molecule has 2 aromatic rings. The van der Waals surface area contributed by atoms with Crippen LogP contribution < -0.4 is 20.7 Å². The number of hydrazine groups is 1. The molecule has 5 nitrogen and oxygen atoms in total. The van der Waals surface area contributed by atoms with Crippen LogP contribution >= 0.6 is 0 Å². The topological polar surface area (TPSA) is 69.4 Å². The highest BCUT2D eigenvalue weighted by atomic mass is 16.5. The number of rotatable bonds is 6. The van der Waals surface area contributed by atoms with Gasteiger partial charge in [-0.15, -0.1) is 0 Å². The number of benzene rings is 1. The average molecular weight is 273 g/mol. The van der Waals surface area contributed by atoms with Crippen LogP contribution in [0.4, 0.5) is 0 Å². The molecule has 0 saturated heterocycles. The highest BCUT2D eigenvalue weighted by molar-refractivity contribution is 5.43. The summed E-state index contributed by atoms with van der Waals surface area (Å²) in [6.45, 7) is 0. The van der Waals surface area contributed by atoms with Crippen molar-refractivity contribution in [1.82, 2.24) is 10.4 Å². The van der Waals surface area contributed by atoms with Gasteiger partial charge in [-0.1, -0.05) is 12.1 Å². The van der Waals surface area contributed by atoms with E-state index < -0.39 is 0 Å². The number of nitrogens with zero attached hydrogens (tertiary/aromatic N) is 1. The third kappa shape index (κ3) is 3.26. The Kier molecular flexibility index (Phi) is 4.92. The Labute approximate surface area is 118 Å². The van der Waals surface area contributed by atoms with Crippen molar-refractivity contribution in [2.24, 2.45) is 5.84 Å². The van der Waals surface area contributed by atoms with Crippen LogP contribution in [0.5, 0.6) is 11.5 Å². The maximum Gasteiger partial charge on any atom is 0.127 e. The Hall–Kier alpha value is -2.11. The maximum atomic E-state index is 5.69. The molecule has 0 fully saturated rings. The smallest absolute Gasteiger partial charge is 0.127 e. The summed E-state index contributed by atoms with van der Waals surface area (Å²) in [4.78, 5) is 4.12. The summed E-state index contributed by atoms with van der Waals surface area (Å²) in [6, 6.07) is 9.58. The highest BCUT2D eigenvalue weighted by Crippen LogP contribution is 2.30. The van der Waals surface area contributed by atoms with Crippen molar-refractivity contribution in [3.05, 3.63) is 53.9 Å². The molecule has 20 heavy (non-hydrogen) atoms. The van der Waals surface area contributed by atoms with Crippen LogP contribution in [0, 0.1) is 0 Å². The summed E-state index contributed by atoms with van der Waals surface area (Å²) in [5, 5.41) is 0. The summed E-state index contributed by atoms with van der Waals surface area (Å²) in [6.07, 6.45) is 4.32. The summed E-state index contributed by atoms with van der Waals surface area (Å²) in [5.74, 6) is 7.19. The molecule has 5 heteroatoms. The van der Waals surface area contributed by atoms with E-state index in [9.17, 15) is 0 Å². The number of methoxy groups -OCH3 is 2. The summed E-state index contributed by atoms with van der Waals surface area (Å²) in [5.41, 5.74) is 4.92. The van der Waals surface area contributed by atoms with Gasteiger partial charge in [0.2, 0.25) is 0 Å². The standard InChI is InChI=1S/C15H19N3O2/c1-19-12-5-6-13(15(9-12)20-2)14(18-16)8-11-4-3-7-17-10-11/h3-7,9-10,14,18H,8,16H2,1-2H3. The van der Waals surface area contributed by atoms with Crippen molar-refractivity contribution in [3.8, 4) is 11.5 Å². The molecule has 1 atom stereocenters. The predicted molar refractivity (Wildman–Crippen MR) is 77.6 cm³/mol. The Bertz CT molecular complexity index is 546. The van der Waals surface area contributed by atoms with Crippen LogP contribution in [-0.2, 0) is 6.42 Å². The number of aromatic nitrogens is 1. The van der Waals surface area contributed by atoms with Gasteiger partial charge in [0.25, 0.3) is 0 Å². The fourth-order valence-electron chi connectivity index (χ4n) is 2.12. The fraction of sp³-hybridized carbons (Fsp3) is 0.267. The molecular weight excluding hydrogens is 254 g/mol. The molecule has 0 radical (unpaired) electrons. The molecule has 2 rings (SSSR count). The zero-order valence-corrected chi connectivity index (χ0v) is 11.7. The second-order valence-electron chi connectivity index (χ2n) is 4.39. The van der Waals surface area contributed by atoms with E-state index in [-0.39, 0.29) is 6.04 Å². The minimum atomic E-state index is -0.0555. The monoisotopic (exact) mass is 273 g/mol. The quantitative estimate of drug-likeness (QED) is 0.621. The van der Waals surface area contributed by atoms with Crippen LogP contribution in [-0.4, -0.2) is 19.2 Å². The van der Waals surface area contributed by atoms with Gasteiger partial charge in [-0.2, -0.15) is 0 Å². The van der Waals surface area contributed by atoms with E-state index >= 15 is 0 Å². The van der Waals surface area contributed by atoms with Crippen LogP contribution in [0.15, 0.2) is 42.7 Å². The van der Waals surface area contributed by atoms with Gasteiger partial charge in [0, 0.05) is 24.0 Å². The van der Waals surface area contributed by atoms with Crippen molar-refractivity contribution in [2.75, 3.05) is 14.2 Å². The molecule has 0 bridgehead atoms. The van der Waals surface area contributed by atoms with Gasteiger partial charge in [-0.3, -0.25) is 16.3 Å². The van der Waals surface area contributed by atoms with Crippen molar-refractivity contribution >= 4 is 0 Å². The highest BCUT2D eigenvalue weighted by Gasteiger charge is 2.16. The number of hydrogen-bond acceptors (Lipinski definition) is 5. The van der Waals surface area contributed by atoms with Crippen molar-refractivity contribution in [3.63, 3.8) is 0 Å². The third-order valence-electron chi connectivity index (χ3n) is 3.18. The van der Waals surface area contributed by atoms with Crippen molar-refractivity contribution in [1.29, 1.82) is 0 Å². The lowest BCUT2D eigenvalue weighted by atomic mass is 9.99. The van der Waals surface area contributed by atoms with Gasteiger partial charge in [0.15, 0.2) is 0 Å². The molecule has 0 saturated carbocycles. The van der Waals surface area contributed by atoms with Gasteiger partial charge < -0.3 is 9.47 Å².